The molecule has 1 saturated heterocycles. The maximum absolute atomic E-state index is 12.7. The van der Waals surface area contributed by atoms with Gasteiger partial charge in [-0.15, -0.1) is 0 Å². The first-order valence-corrected chi connectivity index (χ1v) is 11.3. The zero-order valence-electron chi connectivity index (χ0n) is 16.9. The minimum Gasteiger partial charge on any atom is -0.422 e. The number of carbonyl (C=O) groups excluding carboxylic acids is 2. The minimum absolute atomic E-state index is 0.0315. The Morgan fingerprint density at radius 2 is 1.77 bits per heavy atom. The van der Waals surface area contributed by atoms with Crippen LogP contribution in [-0.2, 0) is 14.8 Å². The Kier molecular flexibility index (Phi) is 5.48. The highest BCUT2D eigenvalue weighted by Crippen LogP contribution is 2.40. The lowest BCUT2D eigenvalue weighted by Gasteiger charge is -2.26. The monoisotopic (exact) mass is 429 g/mol. The van der Waals surface area contributed by atoms with Crippen LogP contribution in [-0.4, -0.2) is 50.8 Å². The van der Waals surface area contributed by atoms with Gasteiger partial charge in [0.2, 0.25) is 10.0 Å². The van der Waals surface area contributed by atoms with Crippen molar-refractivity contribution in [3.63, 3.8) is 0 Å². The summed E-state index contributed by atoms with van der Waals surface area (Å²) in [6, 6.07) is 9.12. The van der Waals surface area contributed by atoms with E-state index in [1.807, 2.05) is 19.9 Å². The van der Waals surface area contributed by atoms with Crippen molar-refractivity contribution < 1.29 is 27.5 Å². The van der Waals surface area contributed by atoms with E-state index in [4.69, 9.17) is 9.47 Å². The fourth-order valence-corrected chi connectivity index (χ4v) is 5.46. The first-order valence-electron chi connectivity index (χ1n) is 9.86. The highest BCUT2D eigenvalue weighted by molar-refractivity contribution is 7.89. The van der Waals surface area contributed by atoms with E-state index in [0.29, 0.717) is 38.3 Å². The number of carbonyl (C=O) groups is 2. The van der Waals surface area contributed by atoms with Gasteiger partial charge in [-0.3, -0.25) is 4.79 Å². The number of morpholine rings is 1. The third kappa shape index (κ3) is 3.66. The number of ether oxygens (including phenoxy) is 2. The first-order chi connectivity index (χ1) is 14.3. The maximum atomic E-state index is 12.7. The zero-order valence-corrected chi connectivity index (χ0v) is 17.7. The van der Waals surface area contributed by atoms with Crippen LogP contribution in [0, 0.1) is 6.92 Å². The molecular formula is C22H23NO6S. The lowest BCUT2D eigenvalue weighted by atomic mass is 9.97. The summed E-state index contributed by atoms with van der Waals surface area (Å²) in [5, 5.41) is 0. The molecule has 2 aromatic rings. The summed E-state index contributed by atoms with van der Waals surface area (Å²) in [5.41, 5.74) is 2.61. The molecule has 2 aromatic carbocycles. The van der Waals surface area contributed by atoms with Crippen LogP contribution < -0.4 is 4.74 Å². The molecule has 1 aliphatic heterocycles. The van der Waals surface area contributed by atoms with Crippen molar-refractivity contribution in [3.05, 3.63) is 58.7 Å². The average Bonchev–Trinajstić information content (AvgIpc) is 3.06. The largest absolute Gasteiger partial charge is 0.422 e. The number of sulfonamides is 1. The highest BCUT2D eigenvalue weighted by atomic mass is 32.2. The summed E-state index contributed by atoms with van der Waals surface area (Å²) in [7, 11) is -3.63. The lowest BCUT2D eigenvalue weighted by molar-refractivity contribution is 0.0730. The van der Waals surface area contributed by atoms with Crippen LogP contribution in [0.2, 0.25) is 0 Å². The van der Waals surface area contributed by atoms with Gasteiger partial charge in [0.1, 0.15) is 5.75 Å². The number of Topliss-reactive ketones (excluding diaryl/α,β-unsaturated/α-hetero) is 1. The van der Waals surface area contributed by atoms with Crippen LogP contribution >= 0.6 is 0 Å². The molecule has 1 aliphatic carbocycles. The molecule has 1 heterocycles. The summed E-state index contributed by atoms with van der Waals surface area (Å²) in [6.45, 7) is 5.25. The second kappa shape index (κ2) is 7.94. The molecule has 2 aliphatic rings. The number of benzene rings is 2. The quantitative estimate of drug-likeness (QED) is 0.548. The zero-order chi connectivity index (χ0) is 21.5. The Bertz CT molecular complexity index is 1100. The second-order valence-corrected chi connectivity index (χ2v) is 9.57. The SMILES string of the molecule is Cc1ccc(OC(=O)c2ccc(S(=O)(=O)N3CCOCC3)cc2)c2c1[C@H](C)CC2=O. The third-order valence-electron chi connectivity index (χ3n) is 5.59. The predicted molar refractivity (Wildman–Crippen MR) is 110 cm³/mol. The van der Waals surface area contributed by atoms with Gasteiger partial charge in [0.05, 0.1) is 29.2 Å². The minimum atomic E-state index is -3.63. The van der Waals surface area contributed by atoms with Gasteiger partial charge in [0, 0.05) is 19.5 Å². The van der Waals surface area contributed by atoms with Gasteiger partial charge >= 0.3 is 5.97 Å². The van der Waals surface area contributed by atoms with Crippen molar-refractivity contribution >= 4 is 21.8 Å². The molecule has 158 valence electrons. The fraction of sp³-hybridized carbons (Fsp3) is 0.364. The Hall–Kier alpha value is -2.55. The number of rotatable bonds is 4. The molecule has 0 bridgehead atoms. The predicted octanol–water partition coefficient (Wildman–Crippen LogP) is 2.93. The second-order valence-electron chi connectivity index (χ2n) is 7.63. The van der Waals surface area contributed by atoms with Crippen LogP contribution in [0.1, 0.15) is 51.1 Å². The van der Waals surface area contributed by atoms with Gasteiger partial charge in [-0.05, 0) is 54.3 Å². The Morgan fingerprint density at radius 1 is 1.10 bits per heavy atom. The van der Waals surface area contributed by atoms with Crippen LogP contribution in [0.5, 0.6) is 5.75 Å². The van der Waals surface area contributed by atoms with Crippen molar-refractivity contribution in [1.29, 1.82) is 0 Å². The van der Waals surface area contributed by atoms with Gasteiger partial charge < -0.3 is 9.47 Å². The van der Waals surface area contributed by atoms with Crippen molar-refractivity contribution in [3.8, 4) is 5.75 Å². The molecule has 8 heteroatoms. The highest BCUT2D eigenvalue weighted by Gasteiger charge is 2.32. The van der Waals surface area contributed by atoms with Crippen molar-refractivity contribution in [1.82, 2.24) is 4.31 Å². The number of aryl methyl sites for hydroxylation is 1. The molecule has 0 saturated carbocycles. The topological polar surface area (TPSA) is 90.0 Å². The molecule has 1 atom stereocenters. The van der Waals surface area contributed by atoms with Gasteiger partial charge in [-0.25, -0.2) is 13.2 Å². The molecule has 0 unspecified atom stereocenters. The summed E-state index contributed by atoms with van der Waals surface area (Å²) in [6.07, 6.45) is 0.402. The van der Waals surface area contributed by atoms with Crippen LogP contribution in [0.15, 0.2) is 41.3 Å². The maximum Gasteiger partial charge on any atom is 0.343 e. The summed E-state index contributed by atoms with van der Waals surface area (Å²) >= 11 is 0. The van der Waals surface area contributed by atoms with Crippen molar-refractivity contribution in [2.75, 3.05) is 26.3 Å². The van der Waals surface area contributed by atoms with E-state index in [9.17, 15) is 18.0 Å². The van der Waals surface area contributed by atoms with Crippen LogP contribution in [0.25, 0.3) is 0 Å². The molecule has 1 fully saturated rings. The lowest BCUT2D eigenvalue weighted by Crippen LogP contribution is -2.40. The summed E-state index contributed by atoms with van der Waals surface area (Å²) in [4.78, 5) is 25.2. The van der Waals surface area contributed by atoms with E-state index in [0.717, 1.165) is 11.1 Å². The number of hydrogen-bond acceptors (Lipinski definition) is 6. The number of ketones is 1. The van der Waals surface area contributed by atoms with E-state index in [1.54, 1.807) is 6.07 Å². The smallest absolute Gasteiger partial charge is 0.343 e. The third-order valence-corrected chi connectivity index (χ3v) is 7.50. The van der Waals surface area contributed by atoms with Crippen molar-refractivity contribution in [2.45, 2.75) is 31.1 Å². The molecule has 0 N–H and O–H groups in total. The van der Waals surface area contributed by atoms with E-state index in [-0.39, 0.29) is 27.9 Å². The molecular weight excluding hydrogens is 406 g/mol. The number of hydrogen-bond donors (Lipinski definition) is 0. The Balaban J connectivity index is 1.55. The van der Waals surface area contributed by atoms with E-state index < -0.39 is 16.0 Å². The summed E-state index contributed by atoms with van der Waals surface area (Å²) < 4.78 is 37.5. The first kappa shape index (κ1) is 20.7. The number of nitrogens with zero attached hydrogens (tertiary/aromatic N) is 1. The average molecular weight is 429 g/mol. The molecule has 0 spiro atoms. The Labute approximate surface area is 175 Å². The van der Waals surface area contributed by atoms with Crippen LogP contribution in [0.3, 0.4) is 0 Å². The van der Waals surface area contributed by atoms with E-state index in [1.165, 1.54) is 28.6 Å². The molecule has 0 radical (unpaired) electrons. The Morgan fingerprint density at radius 3 is 2.43 bits per heavy atom. The van der Waals surface area contributed by atoms with E-state index >= 15 is 0 Å². The van der Waals surface area contributed by atoms with Gasteiger partial charge in [0.15, 0.2) is 5.78 Å². The van der Waals surface area contributed by atoms with Crippen LogP contribution in [0.4, 0.5) is 0 Å². The molecule has 0 aromatic heterocycles. The molecule has 7 nitrogen and oxygen atoms in total. The van der Waals surface area contributed by atoms with Gasteiger partial charge in [-0.1, -0.05) is 13.0 Å². The van der Waals surface area contributed by atoms with Crippen molar-refractivity contribution in [2.24, 2.45) is 0 Å². The van der Waals surface area contributed by atoms with E-state index in [2.05, 4.69) is 0 Å². The fourth-order valence-electron chi connectivity index (χ4n) is 4.05. The van der Waals surface area contributed by atoms with Gasteiger partial charge in [0.25, 0.3) is 0 Å². The summed E-state index contributed by atoms with van der Waals surface area (Å²) in [5.74, 6) is -0.324. The number of esters is 1. The molecule has 30 heavy (non-hydrogen) atoms. The normalized spacial score (nSPS) is 19.5. The standard InChI is InChI=1S/C22H23NO6S/c1-14-3-8-19(21-18(24)13-15(2)20(14)21)29-22(25)16-4-6-17(7-5-16)30(26,27)23-9-11-28-12-10-23/h3-8,15H,9-13H2,1-2H3/t15-/m1/s1. The molecule has 4 rings (SSSR count). The number of fused-ring (bicyclic) bond motifs is 1. The van der Waals surface area contributed by atoms with Gasteiger partial charge in [-0.2, -0.15) is 4.31 Å². The molecule has 0 amide bonds.